The van der Waals surface area contributed by atoms with Crippen LogP contribution in [0.5, 0.6) is 0 Å². The van der Waals surface area contributed by atoms with E-state index in [4.69, 9.17) is 0 Å². The first-order valence-electron chi connectivity index (χ1n) is 6.71. The van der Waals surface area contributed by atoms with E-state index in [1.54, 1.807) is 6.08 Å². The summed E-state index contributed by atoms with van der Waals surface area (Å²) in [6.45, 7) is 6.08. The Balaban J connectivity index is 2.76. The second-order valence-corrected chi connectivity index (χ2v) is 4.41. The number of hydrogen-bond acceptors (Lipinski definition) is 3. The molecule has 18 heavy (non-hydrogen) atoms. The smallest absolute Gasteiger partial charge is 0.155 e. The zero-order valence-corrected chi connectivity index (χ0v) is 11.6. The molecule has 0 radical (unpaired) electrons. The summed E-state index contributed by atoms with van der Waals surface area (Å²) < 4.78 is 0. The fourth-order valence-corrected chi connectivity index (χ4v) is 1.72. The van der Waals surface area contributed by atoms with Crippen LogP contribution in [0.25, 0.3) is 0 Å². The molecule has 0 amide bonds. The van der Waals surface area contributed by atoms with Crippen LogP contribution in [-0.2, 0) is 17.6 Å². The monoisotopic (exact) mass is 246 g/mol. The third kappa shape index (κ3) is 4.78. The van der Waals surface area contributed by atoms with Gasteiger partial charge in [-0.1, -0.05) is 32.8 Å². The topological polar surface area (TPSA) is 42.9 Å². The van der Waals surface area contributed by atoms with E-state index >= 15 is 0 Å². The molecule has 0 aromatic carbocycles. The molecule has 0 saturated heterocycles. The Morgan fingerprint density at radius 2 is 1.89 bits per heavy atom. The minimum atomic E-state index is 0.184. The molecule has 0 bridgehead atoms. The lowest BCUT2D eigenvalue weighted by Gasteiger charge is -2.05. The highest BCUT2D eigenvalue weighted by atomic mass is 16.1. The standard InChI is InChI=1S/C15H22N2O/c1-4-7-13(8-14(18)6-3)9-15-16-10-12(5-2)11-17-15/h8,10-11H,4-7,9H2,1-3H3/b13-8+. The van der Waals surface area contributed by atoms with Gasteiger partial charge >= 0.3 is 0 Å². The van der Waals surface area contributed by atoms with Gasteiger partial charge in [-0.25, -0.2) is 9.97 Å². The van der Waals surface area contributed by atoms with Gasteiger partial charge in [0.05, 0.1) is 0 Å². The molecule has 0 fully saturated rings. The van der Waals surface area contributed by atoms with E-state index in [9.17, 15) is 4.79 Å². The fourth-order valence-electron chi connectivity index (χ4n) is 1.72. The molecule has 0 atom stereocenters. The normalized spacial score (nSPS) is 11.6. The van der Waals surface area contributed by atoms with Gasteiger partial charge in [0.2, 0.25) is 0 Å². The van der Waals surface area contributed by atoms with Gasteiger partial charge in [0.15, 0.2) is 5.78 Å². The predicted molar refractivity (Wildman–Crippen MR) is 73.4 cm³/mol. The van der Waals surface area contributed by atoms with E-state index < -0.39 is 0 Å². The number of allylic oxidation sites excluding steroid dienone is 2. The summed E-state index contributed by atoms with van der Waals surface area (Å²) in [5.74, 6) is 0.986. The Morgan fingerprint density at radius 3 is 2.39 bits per heavy atom. The molecule has 0 aliphatic carbocycles. The lowest BCUT2D eigenvalue weighted by atomic mass is 10.0. The van der Waals surface area contributed by atoms with Crippen LogP contribution in [0.3, 0.4) is 0 Å². The van der Waals surface area contributed by atoms with Gasteiger partial charge in [0.1, 0.15) is 5.82 Å². The second kappa shape index (κ2) is 7.75. The first-order valence-corrected chi connectivity index (χ1v) is 6.71. The highest BCUT2D eigenvalue weighted by Crippen LogP contribution is 2.11. The number of aromatic nitrogens is 2. The number of ketones is 1. The molecule has 3 heteroatoms. The van der Waals surface area contributed by atoms with Crippen LogP contribution in [0.15, 0.2) is 24.0 Å². The van der Waals surface area contributed by atoms with Gasteiger partial charge in [0.25, 0.3) is 0 Å². The highest BCUT2D eigenvalue weighted by molar-refractivity contribution is 5.90. The zero-order chi connectivity index (χ0) is 13.4. The number of carbonyl (C=O) groups is 1. The zero-order valence-electron chi connectivity index (χ0n) is 11.6. The van der Waals surface area contributed by atoms with E-state index in [1.807, 2.05) is 19.3 Å². The van der Waals surface area contributed by atoms with Gasteiger partial charge in [-0.2, -0.15) is 0 Å². The summed E-state index contributed by atoms with van der Waals surface area (Å²) in [5, 5.41) is 0. The van der Waals surface area contributed by atoms with Crippen LogP contribution < -0.4 is 0 Å². The molecule has 1 aromatic rings. The fraction of sp³-hybridized carbons (Fsp3) is 0.533. The van der Waals surface area contributed by atoms with E-state index in [-0.39, 0.29) is 5.78 Å². The maximum absolute atomic E-state index is 11.5. The first-order chi connectivity index (χ1) is 8.69. The van der Waals surface area contributed by atoms with Gasteiger partial charge in [-0.05, 0) is 24.5 Å². The Hall–Kier alpha value is -1.51. The Labute approximate surface area is 109 Å². The van der Waals surface area contributed by atoms with Crippen molar-refractivity contribution in [2.45, 2.75) is 52.9 Å². The van der Waals surface area contributed by atoms with Crippen LogP contribution in [0.2, 0.25) is 0 Å². The number of carbonyl (C=O) groups excluding carboxylic acids is 1. The van der Waals surface area contributed by atoms with Crippen LogP contribution in [0, 0.1) is 0 Å². The van der Waals surface area contributed by atoms with Crippen LogP contribution in [-0.4, -0.2) is 15.8 Å². The number of nitrogens with zero attached hydrogens (tertiary/aromatic N) is 2. The summed E-state index contributed by atoms with van der Waals surface area (Å²) in [6, 6.07) is 0. The quantitative estimate of drug-likeness (QED) is 0.693. The minimum Gasteiger partial charge on any atom is -0.295 e. The summed E-state index contributed by atoms with van der Waals surface area (Å²) >= 11 is 0. The predicted octanol–water partition coefficient (Wildman–Crippen LogP) is 3.29. The lowest BCUT2D eigenvalue weighted by molar-refractivity contribution is -0.114. The summed E-state index contributed by atoms with van der Waals surface area (Å²) in [5.41, 5.74) is 2.28. The van der Waals surface area contributed by atoms with Crippen molar-refractivity contribution < 1.29 is 4.79 Å². The maximum Gasteiger partial charge on any atom is 0.155 e. The SMILES string of the molecule is CCC/C(=C\C(=O)CC)Cc1ncc(CC)cn1. The van der Waals surface area contributed by atoms with Crippen LogP contribution >= 0.6 is 0 Å². The van der Waals surface area contributed by atoms with Gasteiger partial charge in [-0.15, -0.1) is 0 Å². The molecule has 3 nitrogen and oxygen atoms in total. The first kappa shape index (κ1) is 14.6. The molecule has 0 saturated carbocycles. The van der Waals surface area contributed by atoms with Crippen molar-refractivity contribution in [3.63, 3.8) is 0 Å². The molecule has 1 rings (SSSR count). The summed E-state index contributed by atoms with van der Waals surface area (Å²) in [6.07, 6.45) is 9.67. The molecular weight excluding hydrogens is 224 g/mol. The van der Waals surface area contributed by atoms with Crippen molar-refractivity contribution in [1.82, 2.24) is 9.97 Å². The summed E-state index contributed by atoms with van der Waals surface area (Å²) in [7, 11) is 0. The molecule has 0 aliphatic heterocycles. The second-order valence-electron chi connectivity index (χ2n) is 4.41. The third-order valence-corrected chi connectivity index (χ3v) is 2.84. The Morgan fingerprint density at radius 1 is 1.22 bits per heavy atom. The number of hydrogen-bond donors (Lipinski definition) is 0. The van der Waals surface area contributed by atoms with Crippen molar-refractivity contribution in [1.29, 1.82) is 0 Å². The van der Waals surface area contributed by atoms with Crippen molar-refractivity contribution in [2.75, 3.05) is 0 Å². The minimum absolute atomic E-state index is 0.184. The van der Waals surface area contributed by atoms with Crippen molar-refractivity contribution in [3.8, 4) is 0 Å². The molecule has 1 heterocycles. The molecule has 1 aromatic heterocycles. The van der Waals surface area contributed by atoms with Crippen LogP contribution in [0.4, 0.5) is 0 Å². The molecule has 0 unspecified atom stereocenters. The number of rotatable bonds is 7. The van der Waals surface area contributed by atoms with Gasteiger partial charge in [0, 0.05) is 25.2 Å². The largest absolute Gasteiger partial charge is 0.295 e. The molecule has 0 aliphatic rings. The molecule has 98 valence electrons. The third-order valence-electron chi connectivity index (χ3n) is 2.84. The van der Waals surface area contributed by atoms with Gasteiger partial charge in [-0.3, -0.25) is 4.79 Å². The summed E-state index contributed by atoms with van der Waals surface area (Å²) in [4.78, 5) is 20.2. The molecule has 0 N–H and O–H groups in total. The average Bonchev–Trinajstić information content (AvgIpc) is 2.39. The van der Waals surface area contributed by atoms with E-state index in [0.29, 0.717) is 12.8 Å². The molecular formula is C15H22N2O. The van der Waals surface area contributed by atoms with Crippen LogP contribution in [0.1, 0.15) is 51.4 Å². The Kier molecular flexibility index (Phi) is 6.26. The Bertz CT molecular complexity index is 407. The maximum atomic E-state index is 11.5. The lowest BCUT2D eigenvalue weighted by Crippen LogP contribution is -2.01. The van der Waals surface area contributed by atoms with Crippen molar-refractivity contribution >= 4 is 5.78 Å². The highest BCUT2D eigenvalue weighted by Gasteiger charge is 2.04. The van der Waals surface area contributed by atoms with Crippen molar-refractivity contribution in [2.24, 2.45) is 0 Å². The van der Waals surface area contributed by atoms with E-state index in [1.165, 1.54) is 0 Å². The average molecular weight is 246 g/mol. The van der Waals surface area contributed by atoms with Crippen molar-refractivity contribution in [3.05, 3.63) is 35.4 Å². The molecule has 0 spiro atoms. The van der Waals surface area contributed by atoms with E-state index in [2.05, 4.69) is 23.8 Å². The number of aryl methyl sites for hydroxylation is 1. The van der Waals surface area contributed by atoms with Gasteiger partial charge < -0.3 is 0 Å². The van der Waals surface area contributed by atoms with E-state index in [0.717, 1.165) is 36.2 Å².